The minimum absolute atomic E-state index is 0.0576. The fraction of sp³-hybridized carbons (Fsp3) is 0.625. The Morgan fingerprint density at radius 3 is 2.75 bits per heavy atom. The van der Waals surface area contributed by atoms with E-state index in [4.69, 9.17) is 9.84 Å². The summed E-state index contributed by atoms with van der Waals surface area (Å²) >= 11 is 0. The van der Waals surface area contributed by atoms with E-state index in [0.29, 0.717) is 11.7 Å². The van der Waals surface area contributed by atoms with Crippen molar-refractivity contribution in [2.24, 2.45) is 7.05 Å². The Kier molecular flexibility index (Phi) is 2.70. The lowest BCUT2D eigenvalue weighted by atomic mass is 10.5. The van der Waals surface area contributed by atoms with Crippen LogP contribution < -0.4 is 4.74 Å². The molecule has 0 aromatic carbocycles. The van der Waals surface area contributed by atoms with Crippen LogP contribution in [0.15, 0.2) is 6.20 Å². The molecule has 1 N–H and O–H groups in total. The van der Waals surface area contributed by atoms with Crippen LogP contribution in [-0.4, -0.2) is 20.8 Å². The Hall–Kier alpha value is -1.03. The molecule has 0 spiro atoms. The van der Waals surface area contributed by atoms with Gasteiger partial charge in [-0.15, -0.1) is 0 Å². The highest BCUT2D eigenvalue weighted by Gasteiger charge is 2.05. The molecule has 0 aliphatic heterocycles. The third-order valence-electron chi connectivity index (χ3n) is 1.45. The third-order valence-corrected chi connectivity index (χ3v) is 1.45. The summed E-state index contributed by atoms with van der Waals surface area (Å²) in [5, 5.41) is 8.83. The molecule has 0 unspecified atom stereocenters. The highest BCUT2D eigenvalue weighted by molar-refractivity contribution is 5.09. The molecule has 4 nitrogen and oxygen atoms in total. The van der Waals surface area contributed by atoms with E-state index in [1.54, 1.807) is 10.8 Å². The Labute approximate surface area is 71.8 Å². The van der Waals surface area contributed by atoms with Crippen molar-refractivity contribution in [3.8, 4) is 5.88 Å². The molecule has 0 saturated carbocycles. The molecule has 0 fully saturated rings. The number of nitrogens with zero attached hydrogens (tertiary/aromatic N) is 2. The summed E-state index contributed by atoms with van der Waals surface area (Å²) in [4.78, 5) is 4.06. The number of rotatable bonds is 3. The van der Waals surface area contributed by atoms with E-state index in [1.807, 2.05) is 20.9 Å². The molecular weight excluding hydrogens is 156 g/mol. The molecule has 1 heterocycles. The fourth-order valence-electron chi connectivity index (χ4n) is 0.920. The number of hydrogen-bond donors (Lipinski definition) is 1. The van der Waals surface area contributed by atoms with Crippen LogP contribution in [0.4, 0.5) is 0 Å². The van der Waals surface area contributed by atoms with E-state index >= 15 is 0 Å². The average Bonchev–Trinajstić information content (AvgIpc) is 2.29. The Morgan fingerprint density at radius 2 is 2.33 bits per heavy atom. The molecule has 12 heavy (non-hydrogen) atoms. The summed E-state index contributed by atoms with van der Waals surface area (Å²) < 4.78 is 7.08. The lowest BCUT2D eigenvalue weighted by Gasteiger charge is -2.04. The van der Waals surface area contributed by atoms with Crippen LogP contribution in [0, 0.1) is 0 Å². The van der Waals surface area contributed by atoms with Crippen molar-refractivity contribution in [3.63, 3.8) is 0 Å². The first-order valence-electron chi connectivity index (χ1n) is 3.93. The minimum Gasteiger partial charge on any atom is -0.474 e. The highest BCUT2D eigenvalue weighted by Crippen LogP contribution is 2.10. The molecule has 0 aliphatic carbocycles. The quantitative estimate of drug-likeness (QED) is 0.726. The molecule has 0 bridgehead atoms. The number of imidazole rings is 1. The second kappa shape index (κ2) is 3.58. The maximum absolute atomic E-state index is 8.83. The number of aryl methyl sites for hydroxylation is 1. The zero-order valence-corrected chi connectivity index (χ0v) is 7.61. The SMILES string of the molecule is CC(C)Oc1cn(C)c(CO)n1. The third kappa shape index (κ3) is 1.98. The molecule has 1 rings (SSSR count). The van der Waals surface area contributed by atoms with Crippen molar-refractivity contribution in [3.05, 3.63) is 12.0 Å². The summed E-state index contributed by atoms with van der Waals surface area (Å²) in [6.07, 6.45) is 1.87. The Morgan fingerprint density at radius 1 is 1.67 bits per heavy atom. The van der Waals surface area contributed by atoms with Crippen molar-refractivity contribution in [1.82, 2.24) is 9.55 Å². The zero-order valence-electron chi connectivity index (χ0n) is 7.61. The van der Waals surface area contributed by atoms with Gasteiger partial charge in [0, 0.05) is 7.05 Å². The van der Waals surface area contributed by atoms with E-state index < -0.39 is 0 Å². The minimum atomic E-state index is -0.0576. The molecule has 0 amide bonds. The first kappa shape index (κ1) is 9.06. The van der Waals surface area contributed by atoms with Gasteiger partial charge >= 0.3 is 0 Å². The van der Waals surface area contributed by atoms with Crippen LogP contribution >= 0.6 is 0 Å². The molecule has 68 valence electrons. The van der Waals surface area contributed by atoms with Crippen LogP contribution in [0.2, 0.25) is 0 Å². The van der Waals surface area contributed by atoms with Crippen molar-refractivity contribution in [1.29, 1.82) is 0 Å². The number of hydrogen-bond acceptors (Lipinski definition) is 3. The maximum Gasteiger partial charge on any atom is 0.232 e. The number of aliphatic hydroxyl groups excluding tert-OH is 1. The number of ether oxygens (including phenoxy) is 1. The molecular formula is C8H14N2O2. The lowest BCUT2D eigenvalue weighted by Crippen LogP contribution is -2.05. The Bertz CT molecular complexity index is 256. The van der Waals surface area contributed by atoms with Crippen molar-refractivity contribution >= 4 is 0 Å². The molecule has 4 heteroatoms. The van der Waals surface area contributed by atoms with Gasteiger partial charge in [0.2, 0.25) is 5.88 Å². The van der Waals surface area contributed by atoms with Gasteiger partial charge in [0.1, 0.15) is 12.4 Å². The van der Waals surface area contributed by atoms with E-state index in [-0.39, 0.29) is 12.7 Å². The van der Waals surface area contributed by atoms with E-state index in [1.165, 1.54) is 0 Å². The van der Waals surface area contributed by atoms with Gasteiger partial charge in [-0.2, -0.15) is 4.98 Å². The molecule has 0 aliphatic rings. The maximum atomic E-state index is 8.83. The summed E-state index contributed by atoms with van der Waals surface area (Å²) in [6, 6.07) is 0. The smallest absolute Gasteiger partial charge is 0.232 e. The van der Waals surface area contributed by atoms with Crippen LogP contribution in [-0.2, 0) is 13.7 Å². The lowest BCUT2D eigenvalue weighted by molar-refractivity contribution is 0.230. The molecule has 1 aromatic heterocycles. The fourth-order valence-corrected chi connectivity index (χ4v) is 0.920. The summed E-state index contributed by atoms with van der Waals surface area (Å²) in [7, 11) is 1.83. The largest absolute Gasteiger partial charge is 0.474 e. The first-order valence-corrected chi connectivity index (χ1v) is 3.93. The molecule has 0 radical (unpaired) electrons. The van der Waals surface area contributed by atoms with Gasteiger partial charge in [0.05, 0.1) is 12.3 Å². The van der Waals surface area contributed by atoms with E-state index in [9.17, 15) is 0 Å². The average molecular weight is 170 g/mol. The van der Waals surface area contributed by atoms with Gasteiger partial charge in [0.15, 0.2) is 0 Å². The zero-order chi connectivity index (χ0) is 9.14. The highest BCUT2D eigenvalue weighted by atomic mass is 16.5. The van der Waals surface area contributed by atoms with E-state index in [2.05, 4.69) is 4.98 Å². The summed E-state index contributed by atoms with van der Waals surface area (Å²) in [6.45, 7) is 3.82. The Balaban J connectivity index is 2.75. The standard InChI is InChI=1S/C8H14N2O2/c1-6(2)12-8-4-10(3)7(5-11)9-8/h4,6,11H,5H2,1-3H3. The topological polar surface area (TPSA) is 47.3 Å². The predicted molar refractivity (Wildman–Crippen MR) is 44.9 cm³/mol. The summed E-state index contributed by atoms with van der Waals surface area (Å²) in [5.41, 5.74) is 0. The normalized spacial score (nSPS) is 10.8. The van der Waals surface area contributed by atoms with Gasteiger partial charge in [-0.1, -0.05) is 0 Å². The van der Waals surface area contributed by atoms with Crippen LogP contribution in [0.3, 0.4) is 0 Å². The first-order chi connectivity index (χ1) is 5.63. The number of aromatic nitrogens is 2. The van der Waals surface area contributed by atoms with Gasteiger partial charge in [0.25, 0.3) is 0 Å². The van der Waals surface area contributed by atoms with E-state index in [0.717, 1.165) is 0 Å². The summed E-state index contributed by atoms with van der Waals surface area (Å²) in [5.74, 6) is 1.18. The monoisotopic (exact) mass is 170 g/mol. The van der Waals surface area contributed by atoms with Crippen molar-refractivity contribution in [2.45, 2.75) is 26.6 Å². The second-order valence-corrected chi connectivity index (χ2v) is 2.93. The molecule has 0 saturated heterocycles. The van der Waals surface area contributed by atoms with Gasteiger partial charge in [-0.3, -0.25) is 0 Å². The van der Waals surface area contributed by atoms with Crippen LogP contribution in [0.1, 0.15) is 19.7 Å². The van der Waals surface area contributed by atoms with Crippen LogP contribution in [0.5, 0.6) is 5.88 Å². The van der Waals surface area contributed by atoms with Crippen LogP contribution in [0.25, 0.3) is 0 Å². The van der Waals surface area contributed by atoms with Crippen molar-refractivity contribution in [2.75, 3.05) is 0 Å². The second-order valence-electron chi connectivity index (χ2n) is 2.93. The predicted octanol–water partition coefficient (Wildman–Crippen LogP) is 0.700. The molecule has 0 atom stereocenters. The van der Waals surface area contributed by atoms with Gasteiger partial charge < -0.3 is 14.4 Å². The van der Waals surface area contributed by atoms with Gasteiger partial charge in [-0.05, 0) is 13.8 Å². The van der Waals surface area contributed by atoms with Crippen molar-refractivity contribution < 1.29 is 9.84 Å². The van der Waals surface area contributed by atoms with Gasteiger partial charge in [-0.25, -0.2) is 0 Å². The molecule has 1 aromatic rings. The number of aliphatic hydroxyl groups is 1.